The lowest BCUT2D eigenvalue weighted by Gasteiger charge is -2.33. The van der Waals surface area contributed by atoms with Crippen LogP contribution < -0.4 is 19.7 Å². The van der Waals surface area contributed by atoms with Gasteiger partial charge >= 0.3 is 0 Å². The van der Waals surface area contributed by atoms with Crippen LogP contribution >= 0.6 is 11.6 Å². The zero-order valence-electron chi connectivity index (χ0n) is 14.9. The van der Waals surface area contributed by atoms with Gasteiger partial charge in [-0.3, -0.25) is 4.79 Å². The Morgan fingerprint density at radius 3 is 2.93 bits per heavy atom. The summed E-state index contributed by atoms with van der Waals surface area (Å²) < 4.78 is 11.1. The first-order valence-electron chi connectivity index (χ1n) is 9.08. The first-order chi connectivity index (χ1) is 13.2. The molecule has 1 fully saturated rings. The van der Waals surface area contributed by atoms with Crippen LogP contribution in [0, 0.1) is 0 Å². The molecule has 1 N–H and O–H groups in total. The van der Waals surface area contributed by atoms with E-state index in [1.807, 2.05) is 6.07 Å². The van der Waals surface area contributed by atoms with Crippen molar-refractivity contribution in [2.24, 2.45) is 0 Å². The summed E-state index contributed by atoms with van der Waals surface area (Å²) in [5.41, 5.74) is 0.806. The highest BCUT2D eigenvalue weighted by Crippen LogP contribution is 2.38. The average molecular weight is 389 g/mol. The van der Waals surface area contributed by atoms with Crippen molar-refractivity contribution >= 4 is 23.5 Å². The molecular weight excluding hydrogens is 368 g/mol. The van der Waals surface area contributed by atoms with Crippen LogP contribution in [-0.2, 0) is 11.2 Å². The second kappa shape index (κ2) is 8.00. The summed E-state index contributed by atoms with van der Waals surface area (Å²) >= 11 is 6.25. The maximum atomic E-state index is 12.5. The normalized spacial score (nSPS) is 18.9. The average Bonchev–Trinajstić information content (AvgIpc) is 2.69. The number of carbonyl (C=O) groups is 1. The molecule has 27 heavy (non-hydrogen) atoms. The lowest BCUT2D eigenvalue weighted by molar-refractivity contribution is -0.121. The first-order valence-corrected chi connectivity index (χ1v) is 9.46. The van der Waals surface area contributed by atoms with E-state index in [1.165, 1.54) is 0 Å². The van der Waals surface area contributed by atoms with E-state index in [2.05, 4.69) is 20.2 Å². The highest BCUT2D eigenvalue weighted by atomic mass is 35.5. The van der Waals surface area contributed by atoms with Crippen LogP contribution in [0.1, 0.15) is 18.4 Å². The molecule has 0 radical (unpaired) electrons. The molecule has 0 aliphatic carbocycles. The van der Waals surface area contributed by atoms with E-state index in [4.69, 9.17) is 21.1 Å². The lowest BCUT2D eigenvalue weighted by atomic mass is 10.0. The van der Waals surface area contributed by atoms with Crippen molar-refractivity contribution in [2.75, 3.05) is 31.2 Å². The minimum atomic E-state index is -0.0384. The third-order valence-electron chi connectivity index (χ3n) is 4.64. The van der Waals surface area contributed by atoms with Crippen LogP contribution in [0.15, 0.2) is 30.6 Å². The predicted molar refractivity (Wildman–Crippen MR) is 102 cm³/mol. The number of nitrogens with one attached hydrogen (secondary N) is 1. The van der Waals surface area contributed by atoms with Gasteiger partial charge < -0.3 is 19.7 Å². The minimum absolute atomic E-state index is 0.0384. The lowest BCUT2D eigenvalue weighted by Crippen LogP contribution is -2.48. The van der Waals surface area contributed by atoms with Gasteiger partial charge in [-0.05, 0) is 36.6 Å². The summed E-state index contributed by atoms with van der Waals surface area (Å²) in [6.45, 7) is 2.57. The molecule has 3 heterocycles. The predicted octanol–water partition coefficient (Wildman–Crippen LogP) is 2.23. The molecule has 142 valence electrons. The second-order valence-corrected chi connectivity index (χ2v) is 7.09. The zero-order chi connectivity index (χ0) is 18.6. The molecule has 8 heteroatoms. The van der Waals surface area contributed by atoms with E-state index >= 15 is 0 Å². The van der Waals surface area contributed by atoms with Crippen molar-refractivity contribution in [3.63, 3.8) is 0 Å². The Balaban J connectivity index is 1.37. The summed E-state index contributed by atoms with van der Waals surface area (Å²) in [6.07, 6.45) is 5.64. The molecule has 1 saturated heterocycles. The molecule has 7 nitrogen and oxygen atoms in total. The van der Waals surface area contributed by atoms with Crippen molar-refractivity contribution in [3.05, 3.63) is 41.2 Å². The second-order valence-electron chi connectivity index (χ2n) is 6.68. The van der Waals surface area contributed by atoms with E-state index in [0.29, 0.717) is 42.2 Å². The molecule has 0 bridgehead atoms. The quantitative estimate of drug-likeness (QED) is 0.865. The Morgan fingerprint density at radius 1 is 1.26 bits per heavy atom. The van der Waals surface area contributed by atoms with Crippen molar-refractivity contribution in [1.29, 1.82) is 0 Å². The van der Waals surface area contributed by atoms with Gasteiger partial charge in [-0.1, -0.05) is 11.6 Å². The highest BCUT2D eigenvalue weighted by Gasteiger charge is 2.23. The Kier molecular flexibility index (Phi) is 5.29. The van der Waals surface area contributed by atoms with Crippen LogP contribution in [0.25, 0.3) is 0 Å². The molecule has 2 aromatic rings. The van der Waals surface area contributed by atoms with E-state index in [9.17, 15) is 4.79 Å². The molecule has 1 amide bonds. The van der Waals surface area contributed by atoms with Crippen LogP contribution in [-0.4, -0.2) is 48.2 Å². The molecule has 1 aromatic heterocycles. The van der Waals surface area contributed by atoms with Crippen molar-refractivity contribution in [2.45, 2.75) is 25.3 Å². The van der Waals surface area contributed by atoms with Gasteiger partial charge in [-0.25, -0.2) is 9.97 Å². The van der Waals surface area contributed by atoms with Gasteiger partial charge in [0, 0.05) is 31.5 Å². The van der Waals surface area contributed by atoms with Crippen LogP contribution in [0.5, 0.6) is 11.5 Å². The number of ether oxygens (including phenoxy) is 2. The number of amides is 1. The fraction of sp³-hybridized carbons (Fsp3) is 0.421. The van der Waals surface area contributed by atoms with Crippen molar-refractivity contribution < 1.29 is 14.3 Å². The standard InChI is InChI=1S/C19H21ClN4O3/c20-15-9-13(10-16-18(15)27-8-7-26-16)11-17(25)23-14-3-1-6-24(12-14)19-21-4-2-5-22-19/h2,4-5,9-10,14H,1,3,6-8,11-12H2,(H,23,25). The zero-order valence-corrected chi connectivity index (χ0v) is 15.6. The fourth-order valence-electron chi connectivity index (χ4n) is 3.46. The van der Waals surface area contributed by atoms with Gasteiger partial charge in [0.05, 0.1) is 11.4 Å². The summed E-state index contributed by atoms with van der Waals surface area (Å²) in [5, 5.41) is 3.59. The van der Waals surface area contributed by atoms with Gasteiger partial charge in [0.2, 0.25) is 11.9 Å². The topological polar surface area (TPSA) is 76.6 Å². The van der Waals surface area contributed by atoms with E-state index in [1.54, 1.807) is 24.5 Å². The third kappa shape index (κ3) is 4.24. The fourth-order valence-corrected chi connectivity index (χ4v) is 3.75. The molecular formula is C19H21ClN4O3. The maximum absolute atomic E-state index is 12.5. The summed E-state index contributed by atoms with van der Waals surface area (Å²) in [7, 11) is 0. The van der Waals surface area contributed by atoms with E-state index in [-0.39, 0.29) is 18.4 Å². The van der Waals surface area contributed by atoms with Gasteiger partial charge in [0.15, 0.2) is 11.5 Å². The Bertz CT molecular complexity index is 818. The Labute approximate surface area is 162 Å². The van der Waals surface area contributed by atoms with Gasteiger partial charge in [-0.15, -0.1) is 0 Å². The highest BCUT2D eigenvalue weighted by molar-refractivity contribution is 6.32. The number of piperidine rings is 1. The van der Waals surface area contributed by atoms with Crippen LogP contribution in [0.3, 0.4) is 0 Å². The number of carbonyl (C=O) groups excluding carboxylic acids is 1. The third-order valence-corrected chi connectivity index (χ3v) is 4.92. The summed E-state index contributed by atoms with van der Waals surface area (Å²) in [5.74, 6) is 1.82. The number of fused-ring (bicyclic) bond motifs is 1. The monoisotopic (exact) mass is 388 g/mol. The SMILES string of the molecule is O=C(Cc1cc(Cl)c2c(c1)OCCO2)NC1CCCN(c2ncccn2)C1. The number of nitrogens with zero attached hydrogens (tertiary/aromatic N) is 3. The molecule has 4 rings (SSSR count). The Hall–Kier alpha value is -2.54. The maximum Gasteiger partial charge on any atom is 0.225 e. The smallest absolute Gasteiger partial charge is 0.225 e. The van der Waals surface area contributed by atoms with Gasteiger partial charge in [-0.2, -0.15) is 0 Å². The number of aromatic nitrogens is 2. The molecule has 1 unspecified atom stereocenters. The van der Waals surface area contributed by atoms with E-state index < -0.39 is 0 Å². The minimum Gasteiger partial charge on any atom is -0.486 e. The number of anilines is 1. The molecule has 2 aliphatic heterocycles. The number of halogens is 1. The summed E-state index contributed by atoms with van der Waals surface area (Å²) in [4.78, 5) is 23.2. The number of benzene rings is 1. The van der Waals surface area contributed by atoms with E-state index in [0.717, 1.165) is 24.9 Å². The number of rotatable bonds is 4. The largest absolute Gasteiger partial charge is 0.486 e. The number of hydrogen-bond donors (Lipinski definition) is 1. The molecule has 0 spiro atoms. The Morgan fingerprint density at radius 2 is 2.07 bits per heavy atom. The molecule has 1 atom stereocenters. The molecule has 0 saturated carbocycles. The van der Waals surface area contributed by atoms with Crippen LogP contribution in [0.2, 0.25) is 5.02 Å². The van der Waals surface area contributed by atoms with Gasteiger partial charge in [0.25, 0.3) is 0 Å². The van der Waals surface area contributed by atoms with Crippen molar-refractivity contribution in [3.8, 4) is 11.5 Å². The number of hydrogen-bond acceptors (Lipinski definition) is 6. The molecule has 2 aliphatic rings. The molecule has 1 aromatic carbocycles. The van der Waals surface area contributed by atoms with Gasteiger partial charge in [0.1, 0.15) is 13.2 Å². The summed E-state index contributed by atoms with van der Waals surface area (Å²) in [6, 6.07) is 5.46. The first kappa shape index (κ1) is 17.9. The van der Waals surface area contributed by atoms with Crippen molar-refractivity contribution in [1.82, 2.24) is 15.3 Å². The van der Waals surface area contributed by atoms with Crippen LogP contribution in [0.4, 0.5) is 5.95 Å².